The number of hydrogen-bond donors (Lipinski definition) is 0. The molecule has 0 heterocycles. The molecule has 0 aliphatic rings. The maximum absolute atomic E-state index is 11.0. The summed E-state index contributed by atoms with van der Waals surface area (Å²) in [6, 6.07) is 0. The Morgan fingerprint density at radius 3 is 1.57 bits per heavy atom. The first kappa shape index (κ1) is 27.1. The van der Waals surface area contributed by atoms with Crippen molar-refractivity contribution in [3.05, 3.63) is 0 Å². The van der Waals surface area contributed by atoms with Gasteiger partial charge >= 0.3 is 40.0 Å². The van der Waals surface area contributed by atoms with Crippen molar-refractivity contribution in [2.75, 3.05) is 13.2 Å². The van der Waals surface area contributed by atoms with Crippen molar-refractivity contribution in [1.29, 1.82) is 0 Å². The molecule has 124 valence electrons. The summed E-state index contributed by atoms with van der Waals surface area (Å²) in [5.74, 6) is 0. The van der Waals surface area contributed by atoms with Crippen molar-refractivity contribution in [3.63, 3.8) is 0 Å². The molecule has 0 aromatic rings. The molecule has 0 fully saturated rings. The van der Waals surface area contributed by atoms with Gasteiger partial charge in [0.05, 0.1) is 13.2 Å². The van der Waals surface area contributed by atoms with Crippen LogP contribution in [0.1, 0.15) is 78.1 Å². The van der Waals surface area contributed by atoms with E-state index >= 15 is 0 Å². The van der Waals surface area contributed by atoms with Crippen molar-refractivity contribution < 1.29 is 46.3 Å². The van der Waals surface area contributed by atoms with Crippen LogP contribution >= 0.6 is 0 Å². The summed E-state index contributed by atoms with van der Waals surface area (Å²) in [6.45, 7) is 4.22. The average molecular weight is 351 g/mol. The predicted octanol–water partition coefficient (Wildman–Crippen LogP) is 0.939. The summed E-state index contributed by atoms with van der Waals surface area (Å²) < 4.78 is 31.3. The Morgan fingerprint density at radius 1 is 0.714 bits per heavy atom. The Morgan fingerprint density at radius 2 is 1.14 bits per heavy atom. The molecule has 0 saturated heterocycles. The van der Waals surface area contributed by atoms with Crippen molar-refractivity contribution in [3.8, 4) is 0 Å². The van der Waals surface area contributed by atoms with Crippen molar-refractivity contribution in [1.82, 2.24) is 0 Å². The molecular weight excluding hydrogens is 319 g/mol. The van der Waals surface area contributed by atoms with E-state index in [-0.39, 0.29) is 56.3 Å². The maximum Gasteiger partial charge on any atom is 1.00 e. The van der Waals surface area contributed by atoms with Gasteiger partial charge in [0.25, 0.3) is 0 Å². The molecular formula is C14H31NaO4S2. The first-order chi connectivity index (χ1) is 9.12. The molecule has 4 nitrogen and oxygen atoms in total. The second-order valence-electron chi connectivity index (χ2n) is 4.82. The van der Waals surface area contributed by atoms with Gasteiger partial charge in [-0.25, -0.2) is 8.37 Å². The molecule has 0 amide bonds. The van der Waals surface area contributed by atoms with Crippen LogP contribution in [0.5, 0.6) is 0 Å². The smallest absolute Gasteiger partial charge is 0.813 e. The maximum atomic E-state index is 11.0. The van der Waals surface area contributed by atoms with Gasteiger partial charge in [-0.1, -0.05) is 64.7 Å². The molecule has 0 aliphatic heterocycles. The van der Waals surface area contributed by atoms with E-state index in [1.54, 1.807) is 6.92 Å². The van der Waals surface area contributed by atoms with E-state index in [0.717, 1.165) is 19.3 Å². The molecule has 7 heteroatoms. The van der Waals surface area contributed by atoms with Gasteiger partial charge in [-0.05, 0) is 13.3 Å². The van der Waals surface area contributed by atoms with Gasteiger partial charge in [0.2, 0.25) is 0 Å². The molecule has 0 aliphatic carbocycles. The molecule has 21 heavy (non-hydrogen) atoms. The van der Waals surface area contributed by atoms with Crippen molar-refractivity contribution >= 4 is 23.9 Å². The largest absolute Gasteiger partial charge is 1.00 e. The second kappa shape index (κ2) is 19.3. The standard InChI is InChI=1S/C14H30O4S.Na.H2S/c1-3-5-6-7-8-9-10-11-12-13-14-18-19(15,16)17-4-2;;/h3-14H2,1-2H3;;1H2/q;+1;/p-1. The predicted molar refractivity (Wildman–Crippen MR) is 87.1 cm³/mol. The Labute approximate surface area is 160 Å². The quantitative estimate of drug-likeness (QED) is 0.202. The third-order valence-electron chi connectivity index (χ3n) is 2.99. The van der Waals surface area contributed by atoms with Gasteiger partial charge in [-0.15, -0.1) is 0 Å². The van der Waals surface area contributed by atoms with Crippen molar-refractivity contribution in [2.45, 2.75) is 78.1 Å². The van der Waals surface area contributed by atoms with Crippen LogP contribution in [0.25, 0.3) is 0 Å². The third kappa shape index (κ3) is 21.2. The fourth-order valence-corrected chi connectivity index (χ4v) is 2.61. The number of thiol groups is 1. The minimum Gasteiger partial charge on any atom is -0.813 e. The topological polar surface area (TPSA) is 52.6 Å². The van der Waals surface area contributed by atoms with Crippen LogP contribution in [-0.2, 0) is 32.3 Å². The molecule has 0 unspecified atom stereocenters. The van der Waals surface area contributed by atoms with Crippen LogP contribution in [0.2, 0.25) is 0 Å². The number of rotatable bonds is 14. The molecule has 0 aromatic carbocycles. The Hall–Kier alpha value is 1.22. The van der Waals surface area contributed by atoms with E-state index in [4.69, 9.17) is 4.18 Å². The fraction of sp³-hybridized carbons (Fsp3) is 1.00. The molecule has 0 spiro atoms. The van der Waals surface area contributed by atoms with Gasteiger partial charge in [0.1, 0.15) is 0 Å². The number of unbranched alkanes of at least 4 members (excludes halogenated alkanes) is 9. The van der Waals surface area contributed by atoms with E-state index in [0.29, 0.717) is 0 Å². The SMILES string of the molecule is CCCCCCCCCCCCOS(=O)(=O)OCC.[Na+].[SH-]. The molecule has 0 atom stereocenters. The molecule has 0 rings (SSSR count). The zero-order valence-electron chi connectivity index (χ0n) is 14.0. The zero-order chi connectivity index (χ0) is 14.4. The molecule has 0 bridgehead atoms. The van der Waals surface area contributed by atoms with E-state index in [1.807, 2.05) is 0 Å². The van der Waals surface area contributed by atoms with Gasteiger partial charge in [-0.3, -0.25) is 0 Å². The van der Waals surface area contributed by atoms with Gasteiger partial charge in [0, 0.05) is 0 Å². The first-order valence-corrected chi connectivity index (χ1v) is 8.99. The van der Waals surface area contributed by atoms with Crippen molar-refractivity contribution in [2.24, 2.45) is 0 Å². The summed E-state index contributed by atoms with van der Waals surface area (Å²) in [7, 11) is -3.74. The van der Waals surface area contributed by atoms with Gasteiger partial charge in [-0.2, -0.15) is 8.42 Å². The Bertz CT molecular complexity index is 285. The Kier molecular flexibility index (Phi) is 24.8. The molecule has 0 radical (unpaired) electrons. The first-order valence-electron chi connectivity index (χ1n) is 7.66. The van der Waals surface area contributed by atoms with E-state index < -0.39 is 10.4 Å². The monoisotopic (exact) mass is 350 g/mol. The van der Waals surface area contributed by atoms with Crippen LogP contribution in [0, 0.1) is 0 Å². The van der Waals surface area contributed by atoms with Gasteiger partial charge in [0.15, 0.2) is 0 Å². The average Bonchev–Trinajstić information content (AvgIpc) is 2.36. The fourth-order valence-electron chi connectivity index (χ4n) is 1.93. The second-order valence-corrected chi connectivity index (χ2v) is 6.11. The summed E-state index contributed by atoms with van der Waals surface area (Å²) in [6.07, 6.45) is 12.2. The van der Waals surface area contributed by atoms with Crippen LogP contribution in [-0.4, -0.2) is 21.6 Å². The summed E-state index contributed by atoms with van der Waals surface area (Å²) >= 11 is 0. The normalized spacial score (nSPS) is 10.8. The summed E-state index contributed by atoms with van der Waals surface area (Å²) in [5.41, 5.74) is 0. The summed E-state index contributed by atoms with van der Waals surface area (Å²) in [4.78, 5) is 0. The third-order valence-corrected chi connectivity index (χ3v) is 3.97. The summed E-state index contributed by atoms with van der Waals surface area (Å²) in [5, 5.41) is 0. The van der Waals surface area contributed by atoms with Crippen LogP contribution in [0.3, 0.4) is 0 Å². The van der Waals surface area contributed by atoms with E-state index in [9.17, 15) is 8.42 Å². The molecule has 0 N–H and O–H groups in total. The van der Waals surface area contributed by atoms with E-state index in [1.165, 1.54) is 44.9 Å². The minimum atomic E-state index is -3.74. The minimum absolute atomic E-state index is 0. The van der Waals surface area contributed by atoms with Crippen LogP contribution < -0.4 is 29.6 Å². The van der Waals surface area contributed by atoms with Crippen LogP contribution in [0.4, 0.5) is 0 Å². The number of hydrogen-bond acceptors (Lipinski definition) is 5. The van der Waals surface area contributed by atoms with Gasteiger partial charge < -0.3 is 13.5 Å². The van der Waals surface area contributed by atoms with E-state index in [2.05, 4.69) is 11.1 Å². The van der Waals surface area contributed by atoms with Crippen LogP contribution in [0.15, 0.2) is 0 Å². The molecule has 0 saturated carbocycles. The zero-order valence-corrected chi connectivity index (χ0v) is 17.7. The Balaban J connectivity index is -0.00000162. The molecule has 0 aromatic heterocycles.